The third-order valence-electron chi connectivity index (χ3n) is 6.34. The van der Waals surface area contributed by atoms with Crippen molar-refractivity contribution >= 4 is 18.1 Å². The lowest BCUT2D eigenvalue weighted by molar-refractivity contribution is -0.139. The number of hydrogen-bond donors (Lipinski definition) is 1. The molecule has 194 valence electrons. The van der Waals surface area contributed by atoms with Gasteiger partial charge < -0.3 is 19.5 Å². The molecular weight excluding hydrogens is 462 g/mol. The van der Waals surface area contributed by atoms with Crippen LogP contribution in [0, 0.1) is 23.5 Å². The van der Waals surface area contributed by atoms with E-state index in [2.05, 4.69) is 0 Å². The summed E-state index contributed by atoms with van der Waals surface area (Å²) in [7, 11) is 0. The van der Waals surface area contributed by atoms with Crippen LogP contribution < -0.4 is 0 Å². The predicted molar refractivity (Wildman–Crippen MR) is 122 cm³/mol. The molecule has 0 bridgehead atoms. The Morgan fingerprint density at radius 2 is 1.80 bits per heavy atom. The van der Waals surface area contributed by atoms with E-state index in [1.54, 1.807) is 20.8 Å². The molecule has 0 radical (unpaired) electrons. The van der Waals surface area contributed by atoms with Crippen LogP contribution in [0.2, 0.25) is 0 Å². The van der Waals surface area contributed by atoms with Crippen LogP contribution >= 0.6 is 0 Å². The monoisotopic (exact) mass is 496 g/mol. The summed E-state index contributed by atoms with van der Waals surface area (Å²) in [5, 5.41) is 11.4. The van der Waals surface area contributed by atoms with E-state index in [-0.39, 0.29) is 24.5 Å². The fraction of sp³-hybridized carbons (Fsp3) is 0.640. The zero-order valence-electron chi connectivity index (χ0n) is 20.8. The first kappa shape index (κ1) is 26.8. The molecule has 3 amide bonds. The highest BCUT2D eigenvalue weighted by molar-refractivity contribution is 5.95. The Hall–Kier alpha value is -2.75. The first-order chi connectivity index (χ1) is 16.3. The Morgan fingerprint density at radius 1 is 1.17 bits per heavy atom. The molecule has 0 unspecified atom stereocenters. The Morgan fingerprint density at radius 3 is 2.37 bits per heavy atom. The van der Waals surface area contributed by atoms with Crippen molar-refractivity contribution in [3.8, 4) is 0 Å². The molecule has 8 nitrogen and oxygen atoms in total. The number of nitrogens with zero attached hydrogens (tertiary/aromatic N) is 2. The summed E-state index contributed by atoms with van der Waals surface area (Å²) in [6.07, 6.45) is -2.11. The number of rotatable bonds is 6. The number of cyclic esters (lactones) is 1. The van der Waals surface area contributed by atoms with Crippen LogP contribution in [0.4, 0.5) is 18.4 Å². The van der Waals surface area contributed by atoms with E-state index in [0.29, 0.717) is 25.5 Å². The van der Waals surface area contributed by atoms with Gasteiger partial charge in [-0.25, -0.2) is 23.3 Å². The smallest absolute Gasteiger partial charge is 0.416 e. The highest BCUT2D eigenvalue weighted by atomic mass is 19.1. The van der Waals surface area contributed by atoms with Gasteiger partial charge in [0, 0.05) is 12.6 Å². The summed E-state index contributed by atoms with van der Waals surface area (Å²) in [6.45, 7) is 9.19. The molecule has 0 saturated carbocycles. The number of benzene rings is 1. The molecule has 1 N–H and O–H groups in total. The SMILES string of the molecule is CC(C)[C@H]1COC(=O)N1C(=O)[C@@H](Cc1cc(F)cc(F)c1)[C@H](O)[C@@H]1CCCN1C(=O)OC(C)(C)C. The number of imide groups is 1. The van der Waals surface area contributed by atoms with Gasteiger partial charge in [-0.15, -0.1) is 0 Å². The van der Waals surface area contributed by atoms with Crippen LogP contribution in [0.15, 0.2) is 18.2 Å². The van der Waals surface area contributed by atoms with Crippen molar-refractivity contribution in [3.63, 3.8) is 0 Å². The molecule has 1 aromatic rings. The average Bonchev–Trinajstić information content (AvgIpc) is 3.36. The number of carbonyl (C=O) groups excluding carboxylic acids is 3. The molecule has 10 heteroatoms. The number of carbonyl (C=O) groups is 3. The van der Waals surface area contributed by atoms with E-state index in [9.17, 15) is 28.3 Å². The van der Waals surface area contributed by atoms with Gasteiger partial charge in [-0.1, -0.05) is 13.8 Å². The van der Waals surface area contributed by atoms with Crippen molar-refractivity contribution in [2.24, 2.45) is 11.8 Å². The van der Waals surface area contributed by atoms with E-state index in [0.717, 1.165) is 17.0 Å². The number of amides is 3. The summed E-state index contributed by atoms with van der Waals surface area (Å²) in [6, 6.07) is 1.56. The Kier molecular flexibility index (Phi) is 8.03. The molecule has 2 aliphatic rings. The van der Waals surface area contributed by atoms with Gasteiger partial charge in [0.2, 0.25) is 5.91 Å². The quantitative estimate of drug-likeness (QED) is 0.642. The molecule has 2 heterocycles. The van der Waals surface area contributed by atoms with Crippen LogP contribution in [0.25, 0.3) is 0 Å². The van der Waals surface area contributed by atoms with Gasteiger partial charge in [-0.2, -0.15) is 0 Å². The van der Waals surface area contributed by atoms with Crippen molar-refractivity contribution in [3.05, 3.63) is 35.4 Å². The fourth-order valence-electron chi connectivity index (χ4n) is 4.66. The van der Waals surface area contributed by atoms with Crippen molar-refractivity contribution in [1.29, 1.82) is 0 Å². The van der Waals surface area contributed by atoms with Crippen LogP contribution in [0.1, 0.15) is 53.0 Å². The Labute approximate surface area is 204 Å². The van der Waals surface area contributed by atoms with Gasteiger partial charge in [0.25, 0.3) is 0 Å². The molecule has 0 spiro atoms. The predicted octanol–water partition coefficient (Wildman–Crippen LogP) is 3.89. The maximum atomic E-state index is 13.9. The summed E-state index contributed by atoms with van der Waals surface area (Å²) in [5.41, 5.74) is -0.608. The van der Waals surface area contributed by atoms with E-state index >= 15 is 0 Å². The number of ether oxygens (including phenoxy) is 2. The van der Waals surface area contributed by atoms with Gasteiger partial charge in [-0.05, 0) is 63.6 Å². The van der Waals surface area contributed by atoms with E-state index < -0.39 is 59.4 Å². The number of likely N-dealkylation sites (tertiary alicyclic amines) is 1. The largest absolute Gasteiger partial charge is 0.447 e. The van der Waals surface area contributed by atoms with E-state index in [1.807, 2.05) is 13.8 Å². The number of halogens is 2. The summed E-state index contributed by atoms with van der Waals surface area (Å²) in [5.74, 6) is -3.72. The van der Waals surface area contributed by atoms with Gasteiger partial charge >= 0.3 is 12.2 Å². The zero-order chi connectivity index (χ0) is 26.1. The van der Waals surface area contributed by atoms with Gasteiger partial charge in [-0.3, -0.25) is 4.79 Å². The van der Waals surface area contributed by atoms with E-state index in [4.69, 9.17) is 9.47 Å². The molecule has 2 fully saturated rings. The fourth-order valence-corrected chi connectivity index (χ4v) is 4.66. The second-order valence-electron chi connectivity index (χ2n) is 10.6. The maximum Gasteiger partial charge on any atom is 0.416 e. The molecule has 2 aliphatic heterocycles. The highest BCUT2D eigenvalue weighted by Gasteiger charge is 2.47. The Bertz CT molecular complexity index is 944. The lowest BCUT2D eigenvalue weighted by atomic mass is 9.87. The minimum Gasteiger partial charge on any atom is -0.447 e. The lowest BCUT2D eigenvalue weighted by Gasteiger charge is -2.35. The van der Waals surface area contributed by atoms with Gasteiger partial charge in [0.15, 0.2) is 0 Å². The maximum absolute atomic E-state index is 13.9. The highest BCUT2D eigenvalue weighted by Crippen LogP contribution is 2.31. The average molecular weight is 497 g/mol. The molecule has 1 aromatic carbocycles. The first-order valence-electron chi connectivity index (χ1n) is 11.9. The first-order valence-corrected chi connectivity index (χ1v) is 11.9. The van der Waals surface area contributed by atoms with Gasteiger partial charge in [0.1, 0.15) is 23.8 Å². The van der Waals surface area contributed by atoms with Crippen LogP contribution in [-0.2, 0) is 20.7 Å². The third kappa shape index (κ3) is 6.28. The Balaban J connectivity index is 1.94. The molecule has 3 rings (SSSR count). The molecule has 2 saturated heterocycles. The molecule has 0 aliphatic carbocycles. The summed E-state index contributed by atoms with van der Waals surface area (Å²) < 4.78 is 38.4. The van der Waals surface area contributed by atoms with Crippen molar-refractivity contribution in [2.45, 2.75) is 77.7 Å². The van der Waals surface area contributed by atoms with Crippen LogP contribution in [0.3, 0.4) is 0 Å². The van der Waals surface area contributed by atoms with Crippen molar-refractivity contribution in [2.75, 3.05) is 13.2 Å². The van der Waals surface area contributed by atoms with E-state index in [1.165, 1.54) is 4.90 Å². The molecule has 0 aromatic heterocycles. The second kappa shape index (κ2) is 10.5. The molecular formula is C25H34F2N2O6. The lowest BCUT2D eigenvalue weighted by Crippen LogP contribution is -2.53. The van der Waals surface area contributed by atoms with Crippen LogP contribution in [0.5, 0.6) is 0 Å². The number of aliphatic hydroxyl groups is 1. The third-order valence-corrected chi connectivity index (χ3v) is 6.34. The topological polar surface area (TPSA) is 96.4 Å². The van der Waals surface area contributed by atoms with Crippen LogP contribution in [-0.4, -0.2) is 69.9 Å². The molecule has 35 heavy (non-hydrogen) atoms. The minimum absolute atomic E-state index is 0.0209. The van der Waals surface area contributed by atoms with Crippen molar-refractivity contribution < 1.29 is 37.7 Å². The number of aliphatic hydroxyl groups excluding tert-OH is 1. The van der Waals surface area contributed by atoms with Crippen molar-refractivity contribution in [1.82, 2.24) is 9.80 Å². The summed E-state index contributed by atoms with van der Waals surface area (Å²) >= 11 is 0. The zero-order valence-corrected chi connectivity index (χ0v) is 20.8. The number of hydrogen-bond acceptors (Lipinski definition) is 6. The standard InChI is InChI=1S/C25H34F2N2O6/c1-14(2)20-13-34-24(33)29(20)22(31)18(11-15-9-16(26)12-17(27)10-15)21(30)19-7-6-8-28(19)23(32)35-25(3,4)5/h9-10,12,14,18-21,30H,6-8,11,13H2,1-5H3/t18-,19-,20+,21-/m0/s1. The second-order valence-corrected chi connectivity index (χ2v) is 10.6. The molecule has 4 atom stereocenters. The summed E-state index contributed by atoms with van der Waals surface area (Å²) in [4.78, 5) is 41.3. The van der Waals surface area contributed by atoms with Gasteiger partial charge in [0.05, 0.1) is 24.1 Å². The minimum atomic E-state index is -1.41. The normalized spacial score (nSPS) is 22.4.